The molecule has 1 nitrogen and oxygen atoms in total. The molecular weight excluding hydrogens is 122 g/mol. The molecule has 1 fully saturated rings. The van der Waals surface area contributed by atoms with Gasteiger partial charge < -0.3 is 5.32 Å². The molecule has 10 heavy (non-hydrogen) atoms. The summed E-state index contributed by atoms with van der Waals surface area (Å²) in [4.78, 5) is 0. The lowest BCUT2D eigenvalue weighted by Gasteiger charge is -1.86. The largest absolute Gasteiger partial charge is 0.317 e. The molecule has 0 aromatic heterocycles. The number of hydrogen-bond donors (Lipinski definition) is 1. The van der Waals surface area contributed by atoms with Gasteiger partial charge in [-0.3, -0.25) is 0 Å². The smallest absolute Gasteiger partial charge is 0.00775 e. The zero-order valence-electron chi connectivity index (χ0n) is 7.32. The molecule has 1 N–H and O–H groups in total. The summed E-state index contributed by atoms with van der Waals surface area (Å²) in [5, 5.41) is 3.11. The lowest BCUT2D eigenvalue weighted by molar-refractivity contribution is 0.762. The summed E-state index contributed by atoms with van der Waals surface area (Å²) < 4.78 is 0. The maximum absolute atomic E-state index is 3.11. The van der Waals surface area contributed by atoms with Crippen molar-refractivity contribution in [2.75, 3.05) is 13.1 Å². The average molecular weight is 142 g/mol. The predicted molar refractivity (Wildman–Crippen MR) is 47.0 cm³/mol. The standard InChI is InChI=1S/C5H9.C4H11N/c1-2-4-5-3-1;1-3-5-4-2/h1H,2-5H2;5H,3-4H2,1-2H3. The van der Waals surface area contributed by atoms with Gasteiger partial charge in [0.1, 0.15) is 0 Å². The molecular formula is C9H20N. The van der Waals surface area contributed by atoms with Gasteiger partial charge in [-0.25, -0.2) is 0 Å². The second-order valence-corrected chi connectivity index (χ2v) is 2.53. The molecule has 61 valence electrons. The molecule has 1 radical (unpaired) electrons. The normalized spacial score (nSPS) is 16.2. The van der Waals surface area contributed by atoms with Crippen LogP contribution in [0.25, 0.3) is 0 Å². The van der Waals surface area contributed by atoms with Crippen LogP contribution in [-0.2, 0) is 0 Å². The van der Waals surface area contributed by atoms with Crippen LogP contribution in [0.1, 0.15) is 39.5 Å². The van der Waals surface area contributed by atoms with Crippen molar-refractivity contribution in [3.63, 3.8) is 0 Å². The molecule has 0 amide bonds. The molecule has 1 aliphatic carbocycles. The van der Waals surface area contributed by atoms with Gasteiger partial charge in [0.25, 0.3) is 0 Å². The van der Waals surface area contributed by atoms with Gasteiger partial charge in [0, 0.05) is 0 Å². The lowest BCUT2D eigenvalue weighted by atomic mass is 10.4. The van der Waals surface area contributed by atoms with E-state index in [4.69, 9.17) is 0 Å². The third-order valence-corrected chi connectivity index (χ3v) is 1.57. The van der Waals surface area contributed by atoms with Crippen LogP contribution in [0.15, 0.2) is 0 Å². The Kier molecular flexibility index (Phi) is 8.92. The predicted octanol–water partition coefficient (Wildman–Crippen LogP) is 2.38. The van der Waals surface area contributed by atoms with Gasteiger partial charge in [0.2, 0.25) is 0 Å². The molecule has 0 saturated heterocycles. The van der Waals surface area contributed by atoms with Crippen LogP contribution in [0.2, 0.25) is 0 Å². The highest BCUT2D eigenvalue weighted by Gasteiger charge is 1.95. The number of nitrogens with one attached hydrogen (secondary N) is 1. The Hall–Kier alpha value is -0.0400. The molecule has 1 rings (SSSR count). The molecule has 0 heterocycles. The quantitative estimate of drug-likeness (QED) is 0.624. The average Bonchev–Trinajstić information content (AvgIpc) is 2.44. The van der Waals surface area contributed by atoms with Gasteiger partial charge in [-0.2, -0.15) is 0 Å². The Morgan fingerprint density at radius 3 is 1.70 bits per heavy atom. The van der Waals surface area contributed by atoms with Gasteiger partial charge in [-0.15, -0.1) is 0 Å². The first-order valence-corrected chi connectivity index (χ1v) is 4.44. The fraction of sp³-hybridized carbons (Fsp3) is 0.889. The summed E-state index contributed by atoms with van der Waals surface area (Å²) in [5.41, 5.74) is 0. The molecule has 1 saturated carbocycles. The summed E-state index contributed by atoms with van der Waals surface area (Å²) in [6.45, 7) is 6.39. The maximum atomic E-state index is 3.11. The van der Waals surface area contributed by atoms with E-state index in [1.807, 2.05) is 0 Å². The molecule has 0 bridgehead atoms. The van der Waals surface area contributed by atoms with E-state index < -0.39 is 0 Å². The van der Waals surface area contributed by atoms with Gasteiger partial charge in [0.15, 0.2) is 0 Å². The summed E-state index contributed by atoms with van der Waals surface area (Å²) in [6.07, 6.45) is 8.00. The van der Waals surface area contributed by atoms with Gasteiger partial charge in [0.05, 0.1) is 0 Å². The summed E-state index contributed by atoms with van der Waals surface area (Å²) in [6, 6.07) is 0. The van der Waals surface area contributed by atoms with Gasteiger partial charge in [-0.1, -0.05) is 39.5 Å². The van der Waals surface area contributed by atoms with Gasteiger partial charge >= 0.3 is 0 Å². The zero-order chi connectivity index (χ0) is 7.66. The highest BCUT2D eigenvalue weighted by molar-refractivity contribution is 4.71. The minimum Gasteiger partial charge on any atom is -0.317 e. The van der Waals surface area contributed by atoms with E-state index in [1.165, 1.54) is 25.7 Å². The van der Waals surface area contributed by atoms with Crippen molar-refractivity contribution in [2.45, 2.75) is 39.5 Å². The zero-order valence-corrected chi connectivity index (χ0v) is 7.32. The molecule has 0 aromatic rings. The van der Waals surface area contributed by atoms with Crippen molar-refractivity contribution < 1.29 is 0 Å². The van der Waals surface area contributed by atoms with Crippen LogP contribution in [-0.4, -0.2) is 13.1 Å². The fourth-order valence-electron chi connectivity index (χ4n) is 0.972. The van der Waals surface area contributed by atoms with Crippen LogP contribution in [0, 0.1) is 6.42 Å². The minimum absolute atomic E-state index is 1.09. The molecule has 0 aliphatic heterocycles. The van der Waals surface area contributed by atoms with Gasteiger partial charge in [-0.05, 0) is 19.5 Å². The van der Waals surface area contributed by atoms with Crippen molar-refractivity contribution in [3.05, 3.63) is 6.42 Å². The van der Waals surface area contributed by atoms with Crippen LogP contribution in [0.4, 0.5) is 0 Å². The number of hydrogen-bond acceptors (Lipinski definition) is 1. The molecule has 0 aromatic carbocycles. The maximum Gasteiger partial charge on any atom is -0.00775 e. The van der Waals surface area contributed by atoms with Crippen molar-refractivity contribution in [3.8, 4) is 0 Å². The molecule has 1 heteroatoms. The molecule has 0 atom stereocenters. The Labute approximate surface area is 65.2 Å². The van der Waals surface area contributed by atoms with Crippen molar-refractivity contribution in [2.24, 2.45) is 0 Å². The number of rotatable bonds is 2. The lowest BCUT2D eigenvalue weighted by Crippen LogP contribution is -2.09. The van der Waals surface area contributed by atoms with E-state index in [1.54, 1.807) is 0 Å². The molecule has 0 unspecified atom stereocenters. The first-order valence-electron chi connectivity index (χ1n) is 4.44. The van der Waals surface area contributed by atoms with Crippen LogP contribution >= 0.6 is 0 Å². The second kappa shape index (κ2) is 8.96. The SMILES string of the molecule is CCNCC.[CH]1CCCC1. The first-order chi connectivity index (χ1) is 4.91. The molecule has 1 aliphatic rings. The second-order valence-electron chi connectivity index (χ2n) is 2.53. The van der Waals surface area contributed by atoms with Crippen LogP contribution in [0.5, 0.6) is 0 Å². The van der Waals surface area contributed by atoms with E-state index >= 15 is 0 Å². The highest BCUT2D eigenvalue weighted by Crippen LogP contribution is 2.13. The van der Waals surface area contributed by atoms with E-state index in [0.29, 0.717) is 0 Å². The monoisotopic (exact) mass is 142 g/mol. The van der Waals surface area contributed by atoms with E-state index in [0.717, 1.165) is 13.1 Å². The third-order valence-electron chi connectivity index (χ3n) is 1.57. The molecule has 0 spiro atoms. The van der Waals surface area contributed by atoms with E-state index in [2.05, 4.69) is 25.6 Å². The summed E-state index contributed by atoms with van der Waals surface area (Å²) in [7, 11) is 0. The van der Waals surface area contributed by atoms with E-state index in [9.17, 15) is 0 Å². The van der Waals surface area contributed by atoms with Crippen molar-refractivity contribution in [1.29, 1.82) is 0 Å². The third kappa shape index (κ3) is 7.96. The van der Waals surface area contributed by atoms with Crippen LogP contribution in [0.3, 0.4) is 0 Å². The summed E-state index contributed by atoms with van der Waals surface area (Å²) >= 11 is 0. The Morgan fingerprint density at radius 1 is 1.10 bits per heavy atom. The van der Waals surface area contributed by atoms with Crippen LogP contribution < -0.4 is 5.32 Å². The van der Waals surface area contributed by atoms with E-state index in [-0.39, 0.29) is 0 Å². The Morgan fingerprint density at radius 2 is 1.60 bits per heavy atom. The van der Waals surface area contributed by atoms with Crippen molar-refractivity contribution >= 4 is 0 Å². The topological polar surface area (TPSA) is 12.0 Å². The first kappa shape index (κ1) is 9.96. The minimum atomic E-state index is 1.09. The Bertz CT molecular complexity index is 39.1. The van der Waals surface area contributed by atoms with Crippen molar-refractivity contribution in [1.82, 2.24) is 5.32 Å². The fourth-order valence-corrected chi connectivity index (χ4v) is 0.972. The Balaban J connectivity index is 0.000000162. The highest BCUT2D eigenvalue weighted by atomic mass is 14.8. The summed E-state index contributed by atoms with van der Waals surface area (Å²) in [5.74, 6) is 0.